The molecule has 0 bridgehead atoms. The van der Waals surface area contributed by atoms with Crippen LogP contribution in [0.5, 0.6) is 11.5 Å². The summed E-state index contributed by atoms with van der Waals surface area (Å²) in [4.78, 5) is 35.4. The molecule has 0 radical (unpaired) electrons. The van der Waals surface area contributed by atoms with Crippen LogP contribution in [0, 0.1) is 64.3 Å². The molecule has 5 rings (SSSR count). The van der Waals surface area contributed by atoms with Gasteiger partial charge in [-0.2, -0.15) is 31.9 Å². The van der Waals surface area contributed by atoms with Crippen LogP contribution in [-0.4, -0.2) is 50.1 Å². The number of nitrogens with zero attached hydrogens (tertiary/aromatic N) is 4. The van der Waals surface area contributed by atoms with Crippen molar-refractivity contribution in [2.75, 3.05) is 12.3 Å². The summed E-state index contributed by atoms with van der Waals surface area (Å²) >= 11 is 0. The maximum absolute atomic E-state index is 14.1. The van der Waals surface area contributed by atoms with Gasteiger partial charge in [0, 0.05) is 6.42 Å². The summed E-state index contributed by atoms with van der Waals surface area (Å²) in [5, 5.41) is 0. The molecule has 2 N–H and O–H groups in total. The molecule has 3 heterocycles. The van der Waals surface area contributed by atoms with Gasteiger partial charge in [0.15, 0.2) is 17.0 Å². The van der Waals surface area contributed by atoms with Gasteiger partial charge in [0.05, 0.1) is 6.33 Å². The normalized spacial score (nSPS) is 19.1. The highest BCUT2D eigenvalue weighted by molar-refractivity contribution is 5.81. The smallest absolute Gasteiger partial charge is 0.431 e. The van der Waals surface area contributed by atoms with Gasteiger partial charge in [-0.15, -0.1) is 0 Å². The maximum atomic E-state index is 14.1. The molecule has 0 saturated carbocycles. The molecule has 3 atom stereocenters. The van der Waals surface area contributed by atoms with Crippen molar-refractivity contribution in [2.45, 2.75) is 31.3 Å². The molecule has 0 aliphatic carbocycles. The molecule has 2 aromatic heterocycles. The van der Waals surface area contributed by atoms with E-state index in [0.29, 0.717) is 0 Å². The van der Waals surface area contributed by atoms with Gasteiger partial charge < -0.3 is 29.4 Å². The van der Waals surface area contributed by atoms with E-state index in [9.17, 15) is 57.9 Å². The minimum Gasteiger partial charge on any atom is -0.431 e. The number of carbonyl (C=O) groups is 2. The summed E-state index contributed by atoms with van der Waals surface area (Å²) < 4.78 is 176. The Hall–Kier alpha value is -5.48. The minimum absolute atomic E-state index is 0.167. The van der Waals surface area contributed by atoms with Crippen LogP contribution in [0.1, 0.15) is 19.6 Å². The van der Waals surface area contributed by atoms with E-state index in [-0.39, 0.29) is 11.2 Å². The monoisotopic (exact) mass is 703 g/mol. The summed E-state index contributed by atoms with van der Waals surface area (Å²) in [5.74, 6) is -29.8. The molecule has 48 heavy (non-hydrogen) atoms. The van der Waals surface area contributed by atoms with Crippen LogP contribution in [0.25, 0.3) is 11.2 Å². The average molecular weight is 703 g/mol. The summed E-state index contributed by atoms with van der Waals surface area (Å²) in [7, 11) is 0. The highest BCUT2D eigenvalue weighted by Gasteiger charge is 2.51. The lowest BCUT2D eigenvalue weighted by atomic mass is 10.00. The molecule has 0 spiro atoms. The lowest BCUT2D eigenvalue weighted by molar-refractivity contribution is -0.123. The molecule has 1 fully saturated rings. The zero-order valence-electron chi connectivity index (χ0n) is 23.0. The first-order chi connectivity index (χ1) is 22.4. The number of benzene rings is 2. The Balaban J connectivity index is 1.42. The lowest BCUT2D eigenvalue weighted by Crippen LogP contribution is -2.44. The van der Waals surface area contributed by atoms with Crippen molar-refractivity contribution in [1.29, 1.82) is 0 Å². The summed E-state index contributed by atoms with van der Waals surface area (Å²) in [6.07, 6.45) is -8.44. The predicted octanol–water partition coefficient (Wildman–Crippen LogP) is 5.42. The molecule has 12 nitrogen and oxygen atoms in total. The topological polar surface area (TPSA) is 150 Å². The van der Waals surface area contributed by atoms with Gasteiger partial charge in [-0.25, -0.2) is 40.9 Å². The Kier molecular flexibility index (Phi) is 8.66. The van der Waals surface area contributed by atoms with E-state index in [1.807, 2.05) is 0 Å². The number of nitrogens with two attached hydrogens (primary N) is 1. The average Bonchev–Trinajstić information content (AvgIpc) is 3.61. The first kappa shape index (κ1) is 33.9. The van der Waals surface area contributed by atoms with Crippen LogP contribution in [0.3, 0.4) is 0 Å². The summed E-state index contributed by atoms with van der Waals surface area (Å²) in [6, 6.07) is 0. The van der Waals surface area contributed by atoms with Gasteiger partial charge in [-0.3, -0.25) is 4.57 Å². The number of hydrogen-bond acceptors (Lipinski definition) is 11. The van der Waals surface area contributed by atoms with Crippen molar-refractivity contribution in [3.8, 4) is 11.5 Å². The van der Waals surface area contributed by atoms with Crippen molar-refractivity contribution in [3.05, 3.63) is 70.6 Å². The fourth-order valence-electron chi connectivity index (χ4n) is 4.35. The Morgan fingerprint density at radius 3 is 1.81 bits per heavy atom. The van der Waals surface area contributed by atoms with Crippen molar-refractivity contribution in [2.24, 2.45) is 0 Å². The van der Waals surface area contributed by atoms with Crippen molar-refractivity contribution >= 4 is 29.3 Å². The predicted molar refractivity (Wildman–Crippen MR) is 128 cm³/mol. The third-order valence-electron chi connectivity index (χ3n) is 6.66. The number of carbonyl (C=O) groups excluding carboxylic acids is 2. The van der Waals surface area contributed by atoms with Gasteiger partial charge in [0.1, 0.15) is 24.5 Å². The summed E-state index contributed by atoms with van der Waals surface area (Å²) in [5.41, 5.74) is 2.94. The first-order valence-electron chi connectivity index (χ1n) is 12.5. The molecular weight excluding hydrogens is 691 g/mol. The first-order valence-corrected chi connectivity index (χ1v) is 12.5. The van der Waals surface area contributed by atoms with Crippen LogP contribution in [-0.2, 0) is 14.2 Å². The quantitative estimate of drug-likeness (QED) is 0.0686. The van der Waals surface area contributed by atoms with Crippen LogP contribution >= 0.6 is 0 Å². The number of nitrogen functional groups attached to an aromatic ring is 1. The van der Waals surface area contributed by atoms with Gasteiger partial charge in [0.2, 0.25) is 69.7 Å². The lowest BCUT2D eigenvalue weighted by Gasteiger charge is -2.29. The largest absolute Gasteiger partial charge is 0.514 e. The number of ether oxygens (including phenoxy) is 5. The molecule has 0 amide bonds. The van der Waals surface area contributed by atoms with Crippen LogP contribution in [0.4, 0.5) is 63.7 Å². The Labute approximate surface area is 256 Å². The van der Waals surface area contributed by atoms with E-state index in [2.05, 4.69) is 29.2 Å². The molecule has 0 unspecified atom stereocenters. The fourth-order valence-corrected chi connectivity index (χ4v) is 4.35. The van der Waals surface area contributed by atoms with E-state index in [1.54, 1.807) is 0 Å². The van der Waals surface area contributed by atoms with Crippen molar-refractivity contribution in [1.82, 2.24) is 19.5 Å². The molecular formula is C25H12F11N5O7. The number of anilines is 1. The molecule has 4 aromatic rings. The number of hydrogen-bond donors (Lipinski definition) is 1. The fraction of sp³-hybridized carbons (Fsp3) is 0.240. The molecule has 1 aliphatic rings. The number of imidazole rings is 1. The SMILES string of the molecule is C[C@]1(COC(=O)Oc2c(F)c(F)c(F)c(F)c2F)O[C@@H](n2cnc3c(N)nc(F)nc32)C[C@@H]1OC(=O)Oc1c(F)c(F)c(F)c(F)c1F. The molecule has 256 valence electrons. The van der Waals surface area contributed by atoms with Crippen LogP contribution in [0.15, 0.2) is 6.33 Å². The third-order valence-corrected chi connectivity index (χ3v) is 6.66. The second-order valence-corrected chi connectivity index (χ2v) is 9.72. The Morgan fingerprint density at radius 1 is 0.812 bits per heavy atom. The zero-order valence-corrected chi connectivity index (χ0v) is 23.0. The van der Waals surface area contributed by atoms with E-state index in [1.165, 1.54) is 0 Å². The number of halogens is 11. The minimum atomic E-state index is -2.58. The molecule has 1 saturated heterocycles. The second kappa shape index (κ2) is 12.3. The molecule has 23 heteroatoms. The van der Waals surface area contributed by atoms with Crippen LogP contribution in [0.2, 0.25) is 0 Å². The molecule has 2 aromatic carbocycles. The Morgan fingerprint density at radius 2 is 1.29 bits per heavy atom. The van der Waals surface area contributed by atoms with Crippen molar-refractivity contribution in [3.63, 3.8) is 0 Å². The number of aromatic nitrogens is 4. The van der Waals surface area contributed by atoms with E-state index in [0.717, 1.165) is 17.8 Å². The van der Waals surface area contributed by atoms with Gasteiger partial charge in [-0.1, -0.05) is 0 Å². The van der Waals surface area contributed by atoms with Gasteiger partial charge in [-0.05, 0) is 6.92 Å². The number of fused-ring (bicyclic) bond motifs is 1. The maximum Gasteiger partial charge on any atom is 0.514 e. The summed E-state index contributed by atoms with van der Waals surface area (Å²) in [6.45, 7) is -0.186. The van der Waals surface area contributed by atoms with E-state index in [4.69, 9.17) is 15.2 Å². The van der Waals surface area contributed by atoms with Gasteiger partial charge in [0.25, 0.3) is 0 Å². The zero-order chi connectivity index (χ0) is 35.4. The second-order valence-electron chi connectivity index (χ2n) is 9.72. The van der Waals surface area contributed by atoms with E-state index >= 15 is 0 Å². The Bertz CT molecular complexity index is 1940. The van der Waals surface area contributed by atoms with Gasteiger partial charge >= 0.3 is 18.4 Å². The van der Waals surface area contributed by atoms with E-state index < -0.39 is 125 Å². The highest BCUT2D eigenvalue weighted by Crippen LogP contribution is 2.41. The highest BCUT2D eigenvalue weighted by atomic mass is 19.2. The molecule has 1 aliphatic heterocycles. The number of rotatable bonds is 6. The van der Waals surface area contributed by atoms with Crippen LogP contribution < -0.4 is 15.2 Å². The third kappa shape index (κ3) is 5.79. The van der Waals surface area contributed by atoms with Crippen molar-refractivity contribution < 1.29 is 81.6 Å². The standard InChI is InChI=1S/C25H12F11N5O7/c1-25(3-44-23(42)46-18-13(32)9(28)7(26)10(29)14(18)33)5(45-24(43)47-19-15(34)11(30)8(27)12(31)16(19)35)2-6(48-25)41-4-38-17-20(37)39-22(36)40-21(17)41/h4-6H,2-3H2,1H3,(H2,37,39,40)/t5-,6+,25+/m0/s1.